The lowest BCUT2D eigenvalue weighted by Crippen LogP contribution is -1.95. The number of aromatic hydroxyl groups is 1. The summed E-state index contributed by atoms with van der Waals surface area (Å²) in [6.07, 6.45) is 4.04. The molecule has 2 aromatic rings. The van der Waals surface area contributed by atoms with E-state index in [1.54, 1.807) is 0 Å². The molecule has 0 fully saturated rings. The van der Waals surface area contributed by atoms with Crippen molar-refractivity contribution in [3.05, 3.63) is 64.7 Å². The van der Waals surface area contributed by atoms with Crippen LogP contribution >= 0.6 is 0 Å². The van der Waals surface area contributed by atoms with Crippen LogP contribution in [-0.4, -0.2) is 5.11 Å². The molecule has 1 N–H and O–H groups in total. The van der Waals surface area contributed by atoms with Gasteiger partial charge in [-0.1, -0.05) is 61.4 Å². The van der Waals surface area contributed by atoms with Crippen LogP contribution in [0.15, 0.2) is 42.5 Å². The van der Waals surface area contributed by atoms with E-state index in [0.29, 0.717) is 5.75 Å². The van der Waals surface area contributed by atoms with Gasteiger partial charge in [0.1, 0.15) is 5.75 Å². The molecule has 0 saturated heterocycles. The predicted octanol–water partition coefficient (Wildman–Crippen LogP) is 4.63. The molecule has 1 nitrogen and oxygen atoms in total. The number of unbranched alkanes of at least 4 members (excludes halogenated alkanes) is 1. The van der Waals surface area contributed by atoms with Gasteiger partial charge in [0.15, 0.2) is 0 Å². The maximum absolute atomic E-state index is 10.4. The van der Waals surface area contributed by atoms with Crippen molar-refractivity contribution in [1.29, 1.82) is 0 Å². The molecule has 0 unspecified atom stereocenters. The molecule has 19 heavy (non-hydrogen) atoms. The SMILES string of the molecule is CCCCc1cc(C)cc(Cc2ccccc2)c1O. The van der Waals surface area contributed by atoms with Crippen molar-refractivity contribution >= 4 is 0 Å². The molecule has 0 atom stereocenters. The van der Waals surface area contributed by atoms with E-state index in [1.807, 2.05) is 18.2 Å². The van der Waals surface area contributed by atoms with Gasteiger partial charge in [0.2, 0.25) is 0 Å². The van der Waals surface area contributed by atoms with E-state index >= 15 is 0 Å². The van der Waals surface area contributed by atoms with Crippen LogP contribution < -0.4 is 0 Å². The van der Waals surface area contributed by atoms with Crippen LogP contribution in [0.3, 0.4) is 0 Å². The smallest absolute Gasteiger partial charge is 0.122 e. The summed E-state index contributed by atoms with van der Waals surface area (Å²) < 4.78 is 0. The number of benzene rings is 2. The van der Waals surface area contributed by atoms with E-state index in [0.717, 1.165) is 36.8 Å². The van der Waals surface area contributed by atoms with Crippen molar-refractivity contribution in [3.8, 4) is 5.75 Å². The van der Waals surface area contributed by atoms with Gasteiger partial charge in [0.25, 0.3) is 0 Å². The van der Waals surface area contributed by atoms with Crippen molar-refractivity contribution in [2.45, 2.75) is 39.5 Å². The van der Waals surface area contributed by atoms with Gasteiger partial charge >= 0.3 is 0 Å². The van der Waals surface area contributed by atoms with Gasteiger partial charge in [-0.05, 0) is 36.5 Å². The minimum absolute atomic E-state index is 0.489. The zero-order chi connectivity index (χ0) is 13.7. The first kappa shape index (κ1) is 13.7. The fraction of sp³-hybridized carbons (Fsp3) is 0.333. The van der Waals surface area contributed by atoms with Crippen LogP contribution in [0.25, 0.3) is 0 Å². The highest BCUT2D eigenvalue weighted by Gasteiger charge is 2.09. The number of hydrogen-bond donors (Lipinski definition) is 1. The van der Waals surface area contributed by atoms with Gasteiger partial charge < -0.3 is 5.11 Å². The van der Waals surface area contributed by atoms with Crippen molar-refractivity contribution in [2.24, 2.45) is 0 Å². The summed E-state index contributed by atoms with van der Waals surface area (Å²) in [6, 6.07) is 14.5. The minimum Gasteiger partial charge on any atom is -0.507 e. The Bertz CT molecular complexity index is 529. The highest BCUT2D eigenvalue weighted by Crippen LogP contribution is 2.28. The van der Waals surface area contributed by atoms with Gasteiger partial charge in [-0.2, -0.15) is 0 Å². The molecule has 0 aromatic heterocycles. The number of phenolic OH excluding ortho intramolecular Hbond substituents is 1. The fourth-order valence-electron chi connectivity index (χ4n) is 2.44. The third-order valence-electron chi connectivity index (χ3n) is 3.45. The number of hydrogen-bond acceptors (Lipinski definition) is 1. The minimum atomic E-state index is 0.489. The van der Waals surface area contributed by atoms with E-state index in [1.165, 1.54) is 11.1 Å². The Morgan fingerprint density at radius 3 is 2.37 bits per heavy atom. The summed E-state index contributed by atoms with van der Waals surface area (Å²) in [4.78, 5) is 0. The highest BCUT2D eigenvalue weighted by molar-refractivity contribution is 5.45. The normalized spacial score (nSPS) is 10.6. The average Bonchev–Trinajstić information content (AvgIpc) is 2.42. The maximum Gasteiger partial charge on any atom is 0.122 e. The molecule has 0 bridgehead atoms. The third kappa shape index (κ3) is 3.60. The summed E-state index contributed by atoms with van der Waals surface area (Å²) >= 11 is 0. The van der Waals surface area contributed by atoms with Crippen LogP contribution in [0.1, 0.15) is 42.0 Å². The van der Waals surface area contributed by atoms with Gasteiger partial charge in [-0.15, -0.1) is 0 Å². The second-order valence-electron chi connectivity index (χ2n) is 5.20. The summed E-state index contributed by atoms with van der Waals surface area (Å²) in [5, 5.41) is 10.4. The quantitative estimate of drug-likeness (QED) is 0.824. The Kier molecular flexibility index (Phi) is 4.62. The standard InChI is InChI=1S/C18H22O/c1-3-4-10-16-11-14(2)12-17(18(16)19)13-15-8-6-5-7-9-15/h5-9,11-12,19H,3-4,10,13H2,1-2H3. The molecule has 0 amide bonds. The molecule has 2 rings (SSSR count). The van der Waals surface area contributed by atoms with E-state index in [9.17, 15) is 5.11 Å². The van der Waals surface area contributed by atoms with Gasteiger partial charge in [-0.25, -0.2) is 0 Å². The molecule has 0 heterocycles. The summed E-state index contributed by atoms with van der Waals surface area (Å²) in [6.45, 7) is 4.28. The monoisotopic (exact) mass is 254 g/mol. The van der Waals surface area contributed by atoms with Gasteiger partial charge in [-0.3, -0.25) is 0 Å². The molecule has 0 aliphatic carbocycles. The molecule has 0 aliphatic rings. The zero-order valence-electron chi connectivity index (χ0n) is 11.8. The zero-order valence-corrected chi connectivity index (χ0v) is 11.8. The van der Waals surface area contributed by atoms with Crippen molar-refractivity contribution in [2.75, 3.05) is 0 Å². The Morgan fingerprint density at radius 2 is 1.68 bits per heavy atom. The topological polar surface area (TPSA) is 20.2 Å². The first-order valence-electron chi connectivity index (χ1n) is 7.06. The Morgan fingerprint density at radius 1 is 1.00 bits per heavy atom. The summed E-state index contributed by atoms with van der Waals surface area (Å²) in [5.74, 6) is 0.489. The average molecular weight is 254 g/mol. The predicted molar refractivity (Wildman–Crippen MR) is 80.7 cm³/mol. The summed E-state index contributed by atoms with van der Waals surface area (Å²) in [5.41, 5.74) is 4.60. The second-order valence-corrected chi connectivity index (χ2v) is 5.20. The molecule has 0 aliphatic heterocycles. The van der Waals surface area contributed by atoms with E-state index in [-0.39, 0.29) is 0 Å². The lowest BCUT2D eigenvalue weighted by Gasteiger charge is -2.11. The number of aryl methyl sites for hydroxylation is 2. The summed E-state index contributed by atoms with van der Waals surface area (Å²) in [7, 11) is 0. The molecular weight excluding hydrogens is 232 g/mol. The van der Waals surface area contributed by atoms with Crippen molar-refractivity contribution in [1.82, 2.24) is 0 Å². The lowest BCUT2D eigenvalue weighted by molar-refractivity contribution is 0.461. The van der Waals surface area contributed by atoms with Gasteiger partial charge in [0.05, 0.1) is 0 Å². The Labute approximate surface area is 115 Å². The van der Waals surface area contributed by atoms with E-state index in [2.05, 4.69) is 38.1 Å². The largest absolute Gasteiger partial charge is 0.507 e. The molecule has 0 radical (unpaired) electrons. The van der Waals surface area contributed by atoms with Crippen LogP contribution in [0.2, 0.25) is 0 Å². The Balaban J connectivity index is 2.27. The van der Waals surface area contributed by atoms with E-state index < -0.39 is 0 Å². The van der Waals surface area contributed by atoms with Crippen molar-refractivity contribution < 1.29 is 5.11 Å². The first-order valence-corrected chi connectivity index (χ1v) is 7.06. The number of rotatable bonds is 5. The molecular formula is C18H22O. The molecule has 1 heteroatoms. The highest BCUT2D eigenvalue weighted by atomic mass is 16.3. The van der Waals surface area contributed by atoms with Crippen LogP contribution in [0.4, 0.5) is 0 Å². The molecule has 2 aromatic carbocycles. The van der Waals surface area contributed by atoms with Crippen LogP contribution in [0, 0.1) is 6.92 Å². The third-order valence-corrected chi connectivity index (χ3v) is 3.45. The number of phenols is 1. The fourth-order valence-corrected chi connectivity index (χ4v) is 2.44. The van der Waals surface area contributed by atoms with E-state index in [4.69, 9.17) is 0 Å². The maximum atomic E-state index is 10.4. The lowest BCUT2D eigenvalue weighted by atomic mass is 9.96. The van der Waals surface area contributed by atoms with Gasteiger partial charge in [0, 0.05) is 6.42 Å². The van der Waals surface area contributed by atoms with Crippen molar-refractivity contribution in [3.63, 3.8) is 0 Å². The Hall–Kier alpha value is -1.76. The van der Waals surface area contributed by atoms with Crippen LogP contribution in [-0.2, 0) is 12.8 Å². The molecule has 100 valence electrons. The van der Waals surface area contributed by atoms with Crippen LogP contribution in [0.5, 0.6) is 5.75 Å². The molecule has 0 saturated carbocycles. The first-order chi connectivity index (χ1) is 9.20. The second kappa shape index (κ2) is 6.42. The molecule has 0 spiro atoms.